The molecule has 0 saturated heterocycles. The fraction of sp³-hybridized carbons (Fsp3) is 0.250. The number of anilines is 2. The van der Waals surface area contributed by atoms with Gasteiger partial charge in [-0.15, -0.1) is 0 Å². The van der Waals surface area contributed by atoms with Crippen LogP contribution in [0.15, 0.2) is 30.3 Å². The van der Waals surface area contributed by atoms with E-state index in [-0.39, 0.29) is 17.3 Å². The lowest BCUT2D eigenvalue weighted by atomic mass is 10.0. The quantitative estimate of drug-likeness (QED) is 0.806. The van der Waals surface area contributed by atoms with Crippen LogP contribution in [0.2, 0.25) is 0 Å². The molecule has 0 aliphatic rings. The van der Waals surface area contributed by atoms with Crippen molar-refractivity contribution >= 4 is 11.4 Å². The molecule has 2 aromatic rings. The van der Waals surface area contributed by atoms with Crippen LogP contribution in [0.4, 0.5) is 24.5 Å². The van der Waals surface area contributed by atoms with E-state index in [2.05, 4.69) is 5.32 Å². The van der Waals surface area contributed by atoms with Crippen molar-refractivity contribution in [2.75, 3.05) is 5.32 Å². The van der Waals surface area contributed by atoms with Gasteiger partial charge < -0.3 is 5.32 Å². The van der Waals surface area contributed by atoms with Crippen molar-refractivity contribution < 1.29 is 13.2 Å². The van der Waals surface area contributed by atoms with Crippen LogP contribution in [0.1, 0.15) is 30.9 Å². The number of halogens is 3. The molecule has 2 rings (SSSR count). The Morgan fingerprint density at radius 3 is 2.25 bits per heavy atom. The van der Waals surface area contributed by atoms with Crippen LogP contribution in [0.25, 0.3) is 0 Å². The Morgan fingerprint density at radius 1 is 0.950 bits per heavy atom. The zero-order valence-corrected chi connectivity index (χ0v) is 11.6. The molecule has 0 aromatic heterocycles. The Bertz CT molecular complexity index is 636. The van der Waals surface area contributed by atoms with Gasteiger partial charge in [-0.05, 0) is 42.2 Å². The number of benzene rings is 2. The van der Waals surface area contributed by atoms with Crippen molar-refractivity contribution in [2.45, 2.75) is 26.7 Å². The van der Waals surface area contributed by atoms with Gasteiger partial charge >= 0.3 is 0 Å². The number of rotatable bonds is 3. The Labute approximate surface area is 116 Å². The van der Waals surface area contributed by atoms with E-state index >= 15 is 0 Å². The summed E-state index contributed by atoms with van der Waals surface area (Å²) in [6.45, 7) is 5.49. The molecular formula is C16H16F3N. The third kappa shape index (κ3) is 2.79. The summed E-state index contributed by atoms with van der Waals surface area (Å²) in [5.41, 5.74) is 1.48. The molecule has 106 valence electrons. The topological polar surface area (TPSA) is 12.0 Å². The summed E-state index contributed by atoms with van der Waals surface area (Å²) in [5.74, 6) is -2.45. The first-order valence-electron chi connectivity index (χ1n) is 6.41. The van der Waals surface area contributed by atoms with E-state index in [9.17, 15) is 13.2 Å². The number of nitrogens with one attached hydrogen (secondary N) is 1. The van der Waals surface area contributed by atoms with Crippen LogP contribution in [0, 0.1) is 24.4 Å². The number of aryl methyl sites for hydroxylation is 1. The molecule has 0 unspecified atom stereocenters. The second-order valence-electron chi connectivity index (χ2n) is 5.09. The number of hydrogen-bond donors (Lipinski definition) is 1. The van der Waals surface area contributed by atoms with Gasteiger partial charge in [0, 0.05) is 0 Å². The molecule has 20 heavy (non-hydrogen) atoms. The molecular weight excluding hydrogens is 263 g/mol. The molecule has 0 heterocycles. The normalized spacial score (nSPS) is 10.9. The molecule has 0 atom stereocenters. The molecule has 0 aliphatic heterocycles. The van der Waals surface area contributed by atoms with Crippen LogP contribution in [-0.4, -0.2) is 0 Å². The van der Waals surface area contributed by atoms with Crippen molar-refractivity contribution in [1.29, 1.82) is 0 Å². The molecule has 2 aromatic carbocycles. The molecule has 0 radical (unpaired) electrons. The summed E-state index contributed by atoms with van der Waals surface area (Å²) in [7, 11) is 0. The van der Waals surface area contributed by atoms with Crippen molar-refractivity contribution in [1.82, 2.24) is 0 Å². The lowest BCUT2D eigenvalue weighted by Gasteiger charge is -2.16. The van der Waals surface area contributed by atoms with Gasteiger partial charge in [0.25, 0.3) is 0 Å². The van der Waals surface area contributed by atoms with Crippen LogP contribution in [0.3, 0.4) is 0 Å². The van der Waals surface area contributed by atoms with E-state index < -0.39 is 17.5 Å². The second-order valence-corrected chi connectivity index (χ2v) is 5.09. The minimum atomic E-state index is -0.990. The van der Waals surface area contributed by atoms with Crippen molar-refractivity contribution in [3.8, 4) is 0 Å². The van der Waals surface area contributed by atoms with E-state index in [1.54, 1.807) is 13.0 Å². The first-order valence-corrected chi connectivity index (χ1v) is 6.41. The van der Waals surface area contributed by atoms with E-state index in [4.69, 9.17) is 0 Å². The van der Waals surface area contributed by atoms with Gasteiger partial charge in [0.05, 0.1) is 11.4 Å². The minimum Gasteiger partial charge on any atom is -0.350 e. The molecule has 0 amide bonds. The highest BCUT2D eigenvalue weighted by molar-refractivity contribution is 5.65. The SMILES string of the molecule is Cc1ccc(Nc2c(C(C)C)ccc(F)c2F)c(F)c1. The van der Waals surface area contributed by atoms with E-state index in [1.165, 1.54) is 18.2 Å². The standard InChI is InChI=1S/C16H16F3N/c1-9(2)11-5-6-12(17)15(19)16(11)20-14-7-4-10(3)8-13(14)18/h4-9,20H,1-3H3. The zero-order valence-electron chi connectivity index (χ0n) is 11.6. The molecule has 0 bridgehead atoms. The molecule has 0 aliphatic carbocycles. The predicted molar refractivity (Wildman–Crippen MR) is 74.9 cm³/mol. The summed E-state index contributed by atoms with van der Waals surface area (Å²) in [6.07, 6.45) is 0. The largest absolute Gasteiger partial charge is 0.350 e. The molecule has 0 spiro atoms. The van der Waals surface area contributed by atoms with E-state index in [0.717, 1.165) is 11.6 Å². The third-order valence-electron chi connectivity index (χ3n) is 3.13. The van der Waals surface area contributed by atoms with Crippen molar-refractivity contribution in [3.05, 3.63) is 58.9 Å². The van der Waals surface area contributed by atoms with Gasteiger partial charge in [0.1, 0.15) is 5.82 Å². The summed E-state index contributed by atoms with van der Waals surface area (Å²) in [6, 6.07) is 7.16. The molecule has 0 fully saturated rings. The average molecular weight is 279 g/mol. The fourth-order valence-corrected chi connectivity index (χ4v) is 2.03. The first-order chi connectivity index (χ1) is 9.40. The highest BCUT2D eigenvalue weighted by Crippen LogP contribution is 2.32. The van der Waals surface area contributed by atoms with Crippen molar-refractivity contribution in [2.24, 2.45) is 0 Å². The van der Waals surface area contributed by atoms with Crippen LogP contribution < -0.4 is 5.32 Å². The summed E-state index contributed by atoms with van der Waals surface area (Å²) in [4.78, 5) is 0. The van der Waals surface area contributed by atoms with Crippen LogP contribution >= 0.6 is 0 Å². The van der Waals surface area contributed by atoms with Crippen molar-refractivity contribution in [3.63, 3.8) is 0 Å². The molecule has 0 saturated carbocycles. The second kappa shape index (κ2) is 5.57. The van der Waals surface area contributed by atoms with Gasteiger partial charge in [0.15, 0.2) is 11.6 Å². The Balaban J connectivity index is 2.49. The van der Waals surface area contributed by atoms with E-state index in [0.29, 0.717) is 5.56 Å². The van der Waals surface area contributed by atoms with Crippen LogP contribution in [-0.2, 0) is 0 Å². The zero-order chi connectivity index (χ0) is 14.9. The predicted octanol–water partition coefficient (Wildman–Crippen LogP) is 5.28. The van der Waals surface area contributed by atoms with Gasteiger partial charge in [-0.25, -0.2) is 13.2 Å². The first kappa shape index (κ1) is 14.4. The lowest BCUT2D eigenvalue weighted by Crippen LogP contribution is -2.04. The highest BCUT2D eigenvalue weighted by Gasteiger charge is 2.17. The fourth-order valence-electron chi connectivity index (χ4n) is 2.03. The summed E-state index contributed by atoms with van der Waals surface area (Å²) < 4.78 is 41.2. The molecule has 1 N–H and O–H groups in total. The minimum absolute atomic E-state index is 0.0113. The lowest BCUT2D eigenvalue weighted by molar-refractivity contribution is 0.509. The maximum Gasteiger partial charge on any atom is 0.182 e. The van der Waals surface area contributed by atoms with Crippen LogP contribution in [0.5, 0.6) is 0 Å². The van der Waals surface area contributed by atoms with Gasteiger partial charge in [0.2, 0.25) is 0 Å². The Kier molecular flexibility index (Phi) is 4.02. The van der Waals surface area contributed by atoms with Gasteiger partial charge in [-0.2, -0.15) is 0 Å². The summed E-state index contributed by atoms with van der Waals surface area (Å²) in [5, 5.41) is 2.67. The maximum atomic E-state index is 14.0. The smallest absolute Gasteiger partial charge is 0.182 e. The summed E-state index contributed by atoms with van der Waals surface area (Å²) >= 11 is 0. The monoisotopic (exact) mass is 279 g/mol. The number of hydrogen-bond acceptors (Lipinski definition) is 1. The van der Waals surface area contributed by atoms with Gasteiger partial charge in [-0.1, -0.05) is 26.0 Å². The Morgan fingerprint density at radius 2 is 1.65 bits per heavy atom. The molecule has 4 heteroatoms. The van der Waals surface area contributed by atoms with Gasteiger partial charge in [-0.3, -0.25) is 0 Å². The molecule has 1 nitrogen and oxygen atoms in total. The average Bonchev–Trinajstić information content (AvgIpc) is 2.37. The highest BCUT2D eigenvalue weighted by atomic mass is 19.2. The third-order valence-corrected chi connectivity index (χ3v) is 3.13. The van der Waals surface area contributed by atoms with E-state index in [1.807, 2.05) is 13.8 Å². The maximum absolute atomic E-state index is 14.0. The Hall–Kier alpha value is -1.97.